The molecule has 0 aliphatic rings. The van der Waals surface area contributed by atoms with Gasteiger partial charge in [-0.1, -0.05) is 12.1 Å². The van der Waals surface area contributed by atoms with Crippen molar-refractivity contribution in [3.63, 3.8) is 0 Å². The van der Waals surface area contributed by atoms with Crippen molar-refractivity contribution >= 4 is 34.2 Å². The van der Waals surface area contributed by atoms with Crippen LogP contribution in [0, 0.1) is 0 Å². The van der Waals surface area contributed by atoms with Crippen molar-refractivity contribution in [3.8, 4) is 16.9 Å². The molecule has 0 bridgehead atoms. The highest BCUT2D eigenvalue weighted by atomic mass is 32.1. The lowest BCUT2D eigenvalue weighted by Gasteiger charge is -2.09. The number of amides is 1. The van der Waals surface area contributed by atoms with Gasteiger partial charge in [0.05, 0.1) is 26.4 Å². The lowest BCUT2D eigenvalue weighted by molar-refractivity contribution is -0.147. The second kappa shape index (κ2) is 11.1. The minimum Gasteiger partial charge on any atom is -0.497 e. The number of hydrogen-bond donors (Lipinski definition) is 1. The standard InChI is InChI=1S/C23H23NO7S/c1-3-29-23(27)21-18(15-6-8-16(28-2)9-7-15)14-32-22(21)24-19(25)13-31-20(26)11-10-17-5-4-12-30-17/h4-9,12,14H,3,10-11,13H2,1-2H3,(H,24,25). The number of carbonyl (C=O) groups is 3. The van der Waals surface area contributed by atoms with Gasteiger partial charge in [-0.05, 0) is 36.8 Å². The molecule has 1 N–H and O–H groups in total. The van der Waals surface area contributed by atoms with Crippen LogP contribution in [0.4, 0.5) is 5.00 Å². The number of ether oxygens (including phenoxy) is 3. The van der Waals surface area contributed by atoms with Gasteiger partial charge in [0.2, 0.25) is 0 Å². The van der Waals surface area contributed by atoms with Crippen LogP contribution in [0.25, 0.3) is 11.1 Å². The van der Waals surface area contributed by atoms with Gasteiger partial charge in [-0.2, -0.15) is 0 Å². The van der Waals surface area contributed by atoms with Gasteiger partial charge in [0.1, 0.15) is 22.1 Å². The number of esters is 2. The van der Waals surface area contributed by atoms with E-state index in [1.54, 1.807) is 43.7 Å². The van der Waals surface area contributed by atoms with E-state index in [4.69, 9.17) is 18.6 Å². The van der Waals surface area contributed by atoms with E-state index in [1.807, 2.05) is 12.1 Å². The highest BCUT2D eigenvalue weighted by Crippen LogP contribution is 2.36. The molecule has 0 spiro atoms. The molecular formula is C23H23NO7S. The topological polar surface area (TPSA) is 104 Å². The lowest BCUT2D eigenvalue weighted by Crippen LogP contribution is -2.21. The van der Waals surface area contributed by atoms with Crippen molar-refractivity contribution in [2.45, 2.75) is 19.8 Å². The molecule has 1 amide bonds. The second-order valence-corrected chi connectivity index (χ2v) is 7.47. The Labute approximate surface area is 189 Å². The Bertz CT molecular complexity index is 1050. The van der Waals surface area contributed by atoms with Crippen LogP contribution in [0.1, 0.15) is 29.5 Å². The molecule has 0 radical (unpaired) electrons. The largest absolute Gasteiger partial charge is 0.497 e. The average molecular weight is 458 g/mol. The van der Waals surface area contributed by atoms with E-state index >= 15 is 0 Å². The molecule has 2 heterocycles. The van der Waals surface area contributed by atoms with Gasteiger partial charge < -0.3 is 23.9 Å². The second-order valence-electron chi connectivity index (χ2n) is 6.59. The van der Waals surface area contributed by atoms with Crippen molar-refractivity contribution in [2.24, 2.45) is 0 Å². The number of methoxy groups -OCH3 is 1. The van der Waals surface area contributed by atoms with E-state index in [9.17, 15) is 14.4 Å². The molecule has 3 rings (SSSR count). The third-order valence-electron chi connectivity index (χ3n) is 4.44. The first kappa shape index (κ1) is 23.1. The zero-order valence-electron chi connectivity index (χ0n) is 17.7. The summed E-state index contributed by atoms with van der Waals surface area (Å²) in [5, 5.41) is 4.73. The lowest BCUT2D eigenvalue weighted by atomic mass is 10.0. The maximum Gasteiger partial charge on any atom is 0.341 e. The van der Waals surface area contributed by atoms with Crippen LogP contribution >= 0.6 is 11.3 Å². The summed E-state index contributed by atoms with van der Waals surface area (Å²) in [5.41, 5.74) is 1.65. The molecule has 0 aliphatic heterocycles. The van der Waals surface area contributed by atoms with E-state index < -0.39 is 24.5 Å². The van der Waals surface area contributed by atoms with Crippen LogP contribution in [-0.4, -0.2) is 38.2 Å². The fraction of sp³-hybridized carbons (Fsp3) is 0.261. The number of anilines is 1. The summed E-state index contributed by atoms with van der Waals surface area (Å²) < 4.78 is 20.5. The SMILES string of the molecule is CCOC(=O)c1c(-c2ccc(OC)cc2)csc1NC(=O)COC(=O)CCc1ccco1. The zero-order chi connectivity index (χ0) is 22.9. The fourth-order valence-electron chi connectivity index (χ4n) is 2.90. The van der Waals surface area contributed by atoms with E-state index in [2.05, 4.69) is 5.32 Å². The van der Waals surface area contributed by atoms with Crippen LogP contribution in [0.5, 0.6) is 5.75 Å². The molecule has 3 aromatic rings. The third-order valence-corrected chi connectivity index (χ3v) is 5.34. The fourth-order valence-corrected chi connectivity index (χ4v) is 3.87. The average Bonchev–Trinajstić information content (AvgIpc) is 3.46. The van der Waals surface area contributed by atoms with Gasteiger partial charge >= 0.3 is 11.9 Å². The van der Waals surface area contributed by atoms with Crippen molar-refractivity contribution in [1.82, 2.24) is 0 Å². The molecule has 0 saturated carbocycles. The molecule has 0 fully saturated rings. The van der Waals surface area contributed by atoms with Crippen LogP contribution in [0.3, 0.4) is 0 Å². The highest BCUT2D eigenvalue weighted by molar-refractivity contribution is 7.15. The smallest absolute Gasteiger partial charge is 0.341 e. The Morgan fingerprint density at radius 1 is 1.09 bits per heavy atom. The van der Waals surface area contributed by atoms with E-state index in [-0.39, 0.29) is 18.6 Å². The molecule has 0 saturated heterocycles. The van der Waals surface area contributed by atoms with Crippen LogP contribution < -0.4 is 10.1 Å². The van der Waals surface area contributed by atoms with E-state index in [0.29, 0.717) is 28.5 Å². The van der Waals surface area contributed by atoms with Crippen molar-refractivity contribution in [2.75, 3.05) is 25.6 Å². The summed E-state index contributed by atoms with van der Waals surface area (Å²) in [5.74, 6) is -0.276. The van der Waals surface area contributed by atoms with Gasteiger partial charge in [0.15, 0.2) is 6.61 Å². The van der Waals surface area contributed by atoms with Crippen LogP contribution in [0.2, 0.25) is 0 Å². The maximum absolute atomic E-state index is 12.6. The minimum absolute atomic E-state index is 0.0927. The normalized spacial score (nSPS) is 10.4. The minimum atomic E-state index is -0.551. The first-order valence-corrected chi connectivity index (χ1v) is 10.8. The third kappa shape index (κ3) is 5.98. The first-order chi connectivity index (χ1) is 15.5. The molecule has 0 atom stereocenters. The van der Waals surface area contributed by atoms with Crippen molar-refractivity contribution in [3.05, 3.63) is 59.4 Å². The van der Waals surface area contributed by atoms with Gasteiger partial charge in [0, 0.05) is 17.4 Å². The summed E-state index contributed by atoms with van der Waals surface area (Å²) in [4.78, 5) is 36.8. The summed E-state index contributed by atoms with van der Waals surface area (Å²) in [6.45, 7) is 1.43. The Hall–Kier alpha value is -3.59. The number of aryl methyl sites for hydroxylation is 1. The number of benzene rings is 1. The van der Waals surface area contributed by atoms with E-state index in [0.717, 1.165) is 5.56 Å². The molecule has 8 nitrogen and oxygen atoms in total. The maximum atomic E-state index is 12.6. The molecular weight excluding hydrogens is 434 g/mol. The predicted octanol–water partition coefficient (Wildman–Crippen LogP) is 4.31. The summed E-state index contributed by atoms with van der Waals surface area (Å²) in [6.07, 6.45) is 2.00. The number of hydrogen-bond acceptors (Lipinski definition) is 8. The van der Waals surface area contributed by atoms with Gasteiger partial charge in [-0.15, -0.1) is 11.3 Å². The van der Waals surface area contributed by atoms with Crippen molar-refractivity contribution in [1.29, 1.82) is 0 Å². The van der Waals surface area contributed by atoms with Gasteiger partial charge in [-0.3, -0.25) is 9.59 Å². The molecule has 1 aromatic carbocycles. The molecule has 168 valence electrons. The highest BCUT2D eigenvalue weighted by Gasteiger charge is 2.23. The Balaban J connectivity index is 1.66. The quantitative estimate of drug-likeness (QED) is 0.453. The predicted molar refractivity (Wildman–Crippen MR) is 119 cm³/mol. The van der Waals surface area contributed by atoms with Gasteiger partial charge in [0.25, 0.3) is 5.91 Å². The number of thiophene rings is 1. The van der Waals surface area contributed by atoms with Crippen LogP contribution in [0.15, 0.2) is 52.5 Å². The Morgan fingerprint density at radius 3 is 2.53 bits per heavy atom. The van der Waals surface area contributed by atoms with E-state index in [1.165, 1.54) is 17.6 Å². The molecule has 9 heteroatoms. The van der Waals surface area contributed by atoms with Crippen molar-refractivity contribution < 1.29 is 33.0 Å². The van der Waals surface area contributed by atoms with Gasteiger partial charge in [-0.25, -0.2) is 4.79 Å². The Morgan fingerprint density at radius 2 is 1.88 bits per heavy atom. The summed E-state index contributed by atoms with van der Waals surface area (Å²) in [6, 6.07) is 10.7. The molecule has 32 heavy (non-hydrogen) atoms. The molecule has 0 unspecified atom stereocenters. The molecule has 2 aromatic heterocycles. The Kier molecular flexibility index (Phi) is 8.04. The monoisotopic (exact) mass is 457 g/mol. The zero-order valence-corrected chi connectivity index (χ0v) is 18.5. The number of rotatable bonds is 10. The number of nitrogens with one attached hydrogen (secondary N) is 1. The first-order valence-electron chi connectivity index (χ1n) is 9.92. The molecule has 0 aliphatic carbocycles. The summed E-state index contributed by atoms with van der Waals surface area (Å²) in [7, 11) is 1.57. The number of furan rings is 1. The van der Waals surface area contributed by atoms with Crippen LogP contribution in [-0.2, 0) is 25.5 Å². The summed E-state index contributed by atoms with van der Waals surface area (Å²) >= 11 is 1.19. The number of carbonyl (C=O) groups excluding carboxylic acids is 3.